The lowest BCUT2D eigenvalue weighted by Crippen LogP contribution is -2.43. The van der Waals surface area contributed by atoms with Crippen molar-refractivity contribution in [1.29, 1.82) is 0 Å². The normalized spacial score (nSPS) is 18.4. The number of anilines is 1. The summed E-state index contributed by atoms with van der Waals surface area (Å²) in [5.41, 5.74) is 6.87. The van der Waals surface area contributed by atoms with Crippen LogP contribution in [0.15, 0.2) is 47.1 Å². The van der Waals surface area contributed by atoms with E-state index in [-0.39, 0.29) is 12.0 Å². The van der Waals surface area contributed by atoms with E-state index >= 15 is 0 Å². The van der Waals surface area contributed by atoms with Crippen molar-refractivity contribution < 1.29 is 13.9 Å². The molecule has 2 aromatic rings. The Bertz CT molecular complexity index is 657. The number of carbonyl (C=O) groups excluding carboxylic acids is 1. The first-order valence-corrected chi connectivity index (χ1v) is 8.21. The van der Waals surface area contributed by atoms with Gasteiger partial charge < -0.3 is 20.2 Å². The maximum absolute atomic E-state index is 12.1. The number of ether oxygens (including phenoxy) is 1. The van der Waals surface area contributed by atoms with E-state index in [1.165, 1.54) is 0 Å². The van der Waals surface area contributed by atoms with Gasteiger partial charge >= 0.3 is 0 Å². The van der Waals surface area contributed by atoms with E-state index in [1.807, 2.05) is 12.1 Å². The number of benzene rings is 1. The van der Waals surface area contributed by atoms with Gasteiger partial charge in [0, 0.05) is 30.9 Å². The zero-order valence-electron chi connectivity index (χ0n) is 13.6. The molecule has 1 aliphatic heterocycles. The van der Waals surface area contributed by atoms with Gasteiger partial charge in [-0.2, -0.15) is 0 Å². The quantitative estimate of drug-likeness (QED) is 0.791. The standard InChI is InChI=1S/C18H23N3O3/c19-15-4-1-3-14(11-15)18(22)20-7-6-17-13-21(8-10-24-17)12-16-5-2-9-23-16/h1-5,9,11,17H,6-8,10,12-13,19H2,(H,20,22)/t17-/m0/s1. The Balaban J connectivity index is 1.42. The largest absolute Gasteiger partial charge is 0.468 e. The van der Waals surface area contributed by atoms with Crippen molar-refractivity contribution in [3.63, 3.8) is 0 Å². The predicted molar refractivity (Wildman–Crippen MR) is 91.5 cm³/mol. The lowest BCUT2D eigenvalue weighted by Gasteiger charge is -2.32. The number of nitrogens with one attached hydrogen (secondary N) is 1. The van der Waals surface area contributed by atoms with Crippen LogP contribution in [0, 0.1) is 0 Å². The molecule has 1 atom stereocenters. The Labute approximate surface area is 141 Å². The summed E-state index contributed by atoms with van der Waals surface area (Å²) in [5.74, 6) is 0.858. The average molecular weight is 329 g/mol. The number of hydrogen-bond donors (Lipinski definition) is 2. The number of nitrogens with two attached hydrogens (primary N) is 1. The third kappa shape index (κ3) is 4.59. The van der Waals surface area contributed by atoms with Gasteiger partial charge in [0.25, 0.3) is 5.91 Å². The van der Waals surface area contributed by atoms with E-state index in [9.17, 15) is 4.79 Å². The minimum atomic E-state index is -0.106. The van der Waals surface area contributed by atoms with E-state index in [0.717, 1.165) is 31.8 Å². The van der Waals surface area contributed by atoms with Crippen LogP contribution in [0.3, 0.4) is 0 Å². The zero-order chi connectivity index (χ0) is 16.8. The number of nitrogens with zero attached hydrogens (tertiary/aromatic N) is 1. The molecule has 1 aromatic carbocycles. The maximum Gasteiger partial charge on any atom is 0.251 e. The summed E-state index contributed by atoms with van der Waals surface area (Å²) in [5, 5.41) is 2.92. The first-order valence-electron chi connectivity index (χ1n) is 8.21. The molecule has 1 aromatic heterocycles. The monoisotopic (exact) mass is 329 g/mol. The fraction of sp³-hybridized carbons (Fsp3) is 0.389. The number of furan rings is 1. The Morgan fingerprint density at radius 3 is 3.04 bits per heavy atom. The molecule has 24 heavy (non-hydrogen) atoms. The van der Waals surface area contributed by atoms with Crippen LogP contribution in [0.5, 0.6) is 0 Å². The Hall–Kier alpha value is -2.31. The number of morpholine rings is 1. The van der Waals surface area contributed by atoms with Gasteiger partial charge in [0.1, 0.15) is 5.76 Å². The Morgan fingerprint density at radius 2 is 2.25 bits per heavy atom. The molecule has 3 rings (SSSR count). The van der Waals surface area contributed by atoms with Crippen LogP contribution in [-0.2, 0) is 11.3 Å². The number of nitrogen functional groups attached to an aromatic ring is 1. The summed E-state index contributed by atoms with van der Waals surface area (Å²) in [6, 6.07) is 10.9. The summed E-state index contributed by atoms with van der Waals surface area (Å²) >= 11 is 0. The van der Waals surface area contributed by atoms with Crippen molar-refractivity contribution in [3.8, 4) is 0 Å². The van der Waals surface area contributed by atoms with Crippen LogP contribution < -0.4 is 11.1 Å². The molecule has 1 aliphatic rings. The van der Waals surface area contributed by atoms with E-state index in [4.69, 9.17) is 14.9 Å². The summed E-state index contributed by atoms with van der Waals surface area (Å²) in [6.07, 6.45) is 2.59. The summed E-state index contributed by atoms with van der Waals surface area (Å²) in [6.45, 7) is 3.81. The average Bonchev–Trinajstić information content (AvgIpc) is 3.08. The smallest absolute Gasteiger partial charge is 0.251 e. The summed E-state index contributed by atoms with van der Waals surface area (Å²) < 4.78 is 11.2. The van der Waals surface area contributed by atoms with Crippen molar-refractivity contribution in [2.45, 2.75) is 19.1 Å². The van der Waals surface area contributed by atoms with E-state index in [0.29, 0.717) is 24.4 Å². The number of amides is 1. The van der Waals surface area contributed by atoms with Gasteiger partial charge in [-0.15, -0.1) is 0 Å². The topological polar surface area (TPSA) is 80.7 Å². The van der Waals surface area contributed by atoms with Crippen LogP contribution in [0.2, 0.25) is 0 Å². The number of carbonyl (C=O) groups is 1. The molecule has 3 N–H and O–H groups in total. The molecular formula is C18H23N3O3. The minimum Gasteiger partial charge on any atom is -0.468 e. The molecule has 0 radical (unpaired) electrons. The third-order valence-corrected chi connectivity index (χ3v) is 4.08. The SMILES string of the molecule is Nc1cccc(C(=O)NCC[C@H]2CN(Cc3ccco3)CCO2)c1. The predicted octanol–water partition coefficient (Wildman–Crippen LogP) is 1.88. The van der Waals surface area contributed by atoms with Gasteiger partial charge in [0.15, 0.2) is 0 Å². The van der Waals surface area contributed by atoms with E-state index in [1.54, 1.807) is 30.5 Å². The van der Waals surface area contributed by atoms with Crippen molar-refractivity contribution >= 4 is 11.6 Å². The van der Waals surface area contributed by atoms with Crippen molar-refractivity contribution in [2.24, 2.45) is 0 Å². The second kappa shape index (κ2) is 7.99. The summed E-state index contributed by atoms with van der Waals surface area (Å²) in [7, 11) is 0. The molecular weight excluding hydrogens is 306 g/mol. The lowest BCUT2D eigenvalue weighted by molar-refractivity contribution is -0.0358. The van der Waals surface area contributed by atoms with Gasteiger partial charge in [0.2, 0.25) is 0 Å². The number of hydrogen-bond acceptors (Lipinski definition) is 5. The number of rotatable bonds is 6. The molecule has 6 nitrogen and oxygen atoms in total. The van der Waals surface area contributed by atoms with Crippen LogP contribution in [0.1, 0.15) is 22.5 Å². The Morgan fingerprint density at radius 1 is 1.33 bits per heavy atom. The second-order valence-electron chi connectivity index (χ2n) is 5.98. The highest BCUT2D eigenvalue weighted by Gasteiger charge is 2.21. The van der Waals surface area contributed by atoms with Crippen molar-refractivity contribution in [1.82, 2.24) is 10.2 Å². The molecule has 128 valence electrons. The minimum absolute atomic E-state index is 0.106. The molecule has 0 bridgehead atoms. The first-order chi connectivity index (χ1) is 11.7. The molecule has 0 aliphatic carbocycles. The van der Waals surface area contributed by atoms with Gasteiger partial charge in [-0.05, 0) is 36.8 Å². The molecule has 0 saturated carbocycles. The fourth-order valence-corrected chi connectivity index (χ4v) is 2.85. The third-order valence-electron chi connectivity index (χ3n) is 4.08. The van der Waals surface area contributed by atoms with Crippen molar-refractivity contribution in [3.05, 3.63) is 54.0 Å². The van der Waals surface area contributed by atoms with E-state index in [2.05, 4.69) is 10.2 Å². The molecule has 6 heteroatoms. The van der Waals surface area contributed by atoms with Gasteiger partial charge in [-0.1, -0.05) is 6.07 Å². The molecule has 0 spiro atoms. The van der Waals surface area contributed by atoms with Gasteiger partial charge in [0.05, 0.1) is 25.5 Å². The van der Waals surface area contributed by atoms with Crippen LogP contribution in [-0.4, -0.2) is 43.2 Å². The Kier molecular flexibility index (Phi) is 5.51. The van der Waals surface area contributed by atoms with E-state index < -0.39 is 0 Å². The highest BCUT2D eigenvalue weighted by Crippen LogP contribution is 2.13. The molecule has 1 amide bonds. The van der Waals surface area contributed by atoms with Crippen LogP contribution in [0.25, 0.3) is 0 Å². The maximum atomic E-state index is 12.1. The molecule has 1 fully saturated rings. The molecule has 1 saturated heterocycles. The van der Waals surface area contributed by atoms with Crippen LogP contribution >= 0.6 is 0 Å². The highest BCUT2D eigenvalue weighted by molar-refractivity contribution is 5.94. The summed E-state index contributed by atoms with van der Waals surface area (Å²) in [4.78, 5) is 14.4. The molecule has 2 heterocycles. The fourth-order valence-electron chi connectivity index (χ4n) is 2.85. The first kappa shape index (κ1) is 16.5. The van der Waals surface area contributed by atoms with Gasteiger partial charge in [-0.3, -0.25) is 9.69 Å². The van der Waals surface area contributed by atoms with Crippen molar-refractivity contribution in [2.75, 3.05) is 32.0 Å². The lowest BCUT2D eigenvalue weighted by atomic mass is 10.1. The molecule has 0 unspecified atom stereocenters. The second-order valence-corrected chi connectivity index (χ2v) is 5.98. The zero-order valence-corrected chi connectivity index (χ0v) is 13.6. The van der Waals surface area contributed by atoms with Gasteiger partial charge in [-0.25, -0.2) is 0 Å². The van der Waals surface area contributed by atoms with Crippen LogP contribution in [0.4, 0.5) is 5.69 Å². The highest BCUT2D eigenvalue weighted by atomic mass is 16.5.